The summed E-state index contributed by atoms with van der Waals surface area (Å²) in [5, 5.41) is 3.76. The van der Waals surface area contributed by atoms with Gasteiger partial charge in [0, 0.05) is 6.04 Å². The van der Waals surface area contributed by atoms with Crippen molar-refractivity contribution in [2.24, 2.45) is 5.92 Å². The SMILES string of the molecule is C1CCN2CCC[C@@H](CNCCCN3CCCC3)[C@H]2C1. The van der Waals surface area contributed by atoms with Crippen molar-refractivity contribution < 1.29 is 0 Å². The Morgan fingerprint density at radius 2 is 1.65 bits per heavy atom. The zero-order valence-electron chi connectivity index (χ0n) is 13.2. The minimum atomic E-state index is 0.906. The summed E-state index contributed by atoms with van der Waals surface area (Å²) in [5.74, 6) is 0.927. The van der Waals surface area contributed by atoms with Gasteiger partial charge in [-0.05, 0) is 96.7 Å². The summed E-state index contributed by atoms with van der Waals surface area (Å²) in [5.41, 5.74) is 0. The van der Waals surface area contributed by atoms with Gasteiger partial charge in [0.1, 0.15) is 0 Å². The molecular formula is C17H33N3. The van der Waals surface area contributed by atoms with E-state index in [1.165, 1.54) is 97.2 Å². The van der Waals surface area contributed by atoms with Gasteiger partial charge in [-0.3, -0.25) is 0 Å². The van der Waals surface area contributed by atoms with E-state index < -0.39 is 0 Å². The molecule has 0 aromatic carbocycles. The van der Waals surface area contributed by atoms with Crippen molar-refractivity contribution in [3.8, 4) is 0 Å². The van der Waals surface area contributed by atoms with Crippen molar-refractivity contribution in [2.75, 3.05) is 45.8 Å². The molecule has 3 saturated heterocycles. The molecule has 3 rings (SSSR count). The molecule has 0 aromatic rings. The molecule has 3 heterocycles. The molecule has 3 heteroatoms. The van der Waals surface area contributed by atoms with Gasteiger partial charge in [0.15, 0.2) is 0 Å². The normalized spacial score (nSPS) is 32.4. The average molecular weight is 279 g/mol. The van der Waals surface area contributed by atoms with Gasteiger partial charge in [0.05, 0.1) is 0 Å². The number of likely N-dealkylation sites (tertiary alicyclic amines) is 1. The molecule has 0 bridgehead atoms. The van der Waals surface area contributed by atoms with Crippen LogP contribution in [0.15, 0.2) is 0 Å². The molecule has 0 radical (unpaired) electrons. The van der Waals surface area contributed by atoms with E-state index in [1.54, 1.807) is 0 Å². The topological polar surface area (TPSA) is 18.5 Å². The van der Waals surface area contributed by atoms with Crippen molar-refractivity contribution in [2.45, 2.75) is 57.4 Å². The van der Waals surface area contributed by atoms with E-state index in [0.717, 1.165) is 12.0 Å². The molecule has 0 unspecified atom stereocenters. The second-order valence-corrected chi connectivity index (χ2v) is 7.11. The predicted molar refractivity (Wildman–Crippen MR) is 85.1 cm³/mol. The summed E-state index contributed by atoms with van der Waals surface area (Å²) in [7, 11) is 0. The molecule has 3 nitrogen and oxygen atoms in total. The Labute approximate surface area is 125 Å². The van der Waals surface area contributed by atoms with Crippen LogP contribution in [0, 0.1) is 5.92 Å². The number of nitrogens with one attached hydrogen (secondary N) is 1. The van der Waals surface area contributed by atoms with Gasteiger partial charge in [-0.25, -0.2) is 0 Å². The molecule has 3 fully saturated rings. The smallest absolute Gasteiger partial charge is 0.0136 e. The summed E-state index contributed by atoms with van der Waals surface area (Å²) < 4.78 is 0. The lowest BCUT2D eigenvalue weighted by atomic mass is 9.83. The van der Waals surface area contributed by atoms with Crippen molar-refractivity contribution >= 4 is 0 Å². The first-order valence-electron chi connectivity index (χ1n) is 9.10. The molecule has 0 spiro atoms. The van der Waals surface area contributed by atoms with E-state index in [-0.39, 0.29) is 0 Å². The van der Waals surface area contributed by atoms with Crippen molar-refractivity contribution in [3.63, 3.8) is 0 Å². The van der Waals surface area contributed by atoms with E-state index in [9.17, 15) is 0 Å². The molecular weight excluding hydrogens is 246 g/mol. The van der Waals surface area contributed by atoms with E-state index in [0.29, 0.717) is 0 Å². The molecule has 0 amide bonds. The Bertz CT molecular complexity index is 273. The van der Waals surface area contributed by atoms with Crippen LogP contribution in [-0.2, 0) is 0 Å². The molecule has 3 aliphatic rings. The number of rotatable bonds is 6. The Morgan fingerprint density at radius 1 is 0.850 bits per heavy atom. The summed E-state index contributed by atoms with van der Waals surface area (Å²) in [6.45, 7) is 9.24. The quantitative estimate of drug-likeness (QED) is 0.753. The third kappa shape index (κ3) is 3.96. The molecule has 1 N–H and O–H groups in total. The van der Waals surface area contributed by atoms with Crippen LogP contribution in [0.4, 0.5) is 0 Å². The lowest BCUT2D eigenvalue weighted by Crippen LogP contribution is -2.50. The Morgan fingerprint density at radius 3 is 2.55 bits per heavy atom. The number of hydrogen-bond acceptors (Lipinski definition) is 3. The van der Waals surface area contributed by atoms with Gasteiger partial charge in [-0.15, -0.1) is 0 Å². The second-order valence-electron chi connectivity index (χ2n) is 7.11. The molecule has 3 aliphatic heterocycles. The fourth-order valence-electron chi connectivity index (χ4n) is 4.54. The first-order chi connectivity index (χ1) is 9.93. The van der Waals surface area contributed by atoms with Crippen LogP contribution < -0.4 is 5.32 Å². The Kier molecular flexibility index (Phi) is 5.75. The summed E-state index contributed by atoms with van der Waals surface area (Å²) in [6.07, 6.45) is 11.4. The third-order valence-corrected chi connectivity index (χ3v) is 5.66. The second kappa shape index (κ2) is 7.77. The molecule has 116 valence electrons. The maximum Gasteiger partial charge on any atom is 0.0136 e. The van der Waals surface area contributed by atoms with E-state index >= 15 is 0 Å². The number of fused-ring (bicyclic) bond motifs is 1. The fraction of sp³-hybridized carbons (Fsp3) is 1.00. The highest BCUT2D eigenvalue weighted by Crippen LogP contribution is 2.30. The standard InChI is InChI=1S/C17H33N3/c1-2-13-20-14-5-7-16(17(20)8-1)15-18-9-6-12-19-10-3-4-11-19/h16-18H,1-15H2/t16-,17+/m0/s1. The monoisotopic (exact) mass is 279 g/mol. The minimum Gasteiger partial charge on any atom is -0.316 e. The van der Waals surface area contributed by atoms with Crippen molar-refractivity contribution in [1.29, 1.82) is 0 Å². The van der Waals surface area contributed by atoms with Gasteiger partial charge in [0.2, 0.25) is 0 Å². The largest absolute Gasteiger partial charge is 0.316 e. The van der Waals surface area contributed by atoms with Gasteiger partial charge in [-0.2, -0.15) is 0 Å². The van der Waals surface area contributed by atoms with E-state index in [1.807, 2.05) is 0 Å². The number of hydrogen-bond donors (Lipinski definition) is 1. The highest BCUT2D eigenvalue weighted by molar-refractivity contribution is 4.88. The predicted octanol–water partition coefficient (Wildman–Crippen LogP) is 2.33. The maximum atomic E-state index is 3.76. The average Bonchev–Trinajstić information content (AvgIpc) is 3.00. The van der Waals surface area contributed by atoms with Crippen LogP contribution in [0.3, 0.4) is 0 Å². The van der Waals surface area contributed by atoms with Gasteiger partial charge < -0.3 is 15.1 Å². The van der Waals surface area contributed by atoms with Gasteiger partial charge in [-0.1, -0.05) is 6.42 Å². The number of piperidine rings is 2. The van der Waals surface area contributed by atoms with Crippen LogP contribution in [0.1, 0.15) is 51.4 Å². The Hall–Kier alpha value is -0.120. The lowest BCUT2D eigenvalue weighted by Gasteiger charge is -2.44. The summed E-state index contributed by atoms with van der Waals surface area (Å²) >= 11 is 0. The fourth-order valence-corrected chi connectivity index (χ4v) is 4.54. The zero-order chi connectivity index (χ0) is 13.6. The van der Waals surface area contributed by atoms with Crippen LogP contribution in [0.25, 0.3) is 0 Å². The molecule has 2 atom stereocenters. The van der Waals surface area contributed by atoms with Gasteiger partial charge >= 0.3 is 0 Å². The zero-order valence-corrected chi connectivity index (χ0v) is 13.2. The maximum absolute atomic E-state index is 3.76. The third-order valence-electron chi connectivity index (χ3n) is 5.66. The molecule has 0 aromatic heterocycles. The van der Waals surface area contributed by atoms with Crippen LogP contribution in [0.5, 0.6) is 0 Å². The summed E-state index contributed by atoms with van der Waals surface area (Å²) in [4.78, 5) is 5.41. The molecule has 0 saturated carbocycles. The van der Waals surface area contributed by atoms with Crippen LogP contribution >= 0.6 is 0 Å². The highest BCUT2D eigenvalue weighted by Gasteiger charge is 2.32. The Balaban J connectivity index is 1.30. The molecule has 0 aliphatic carbocycles. The first kappa shape index (κ1) is 14.8. The van der Waals surface area contributed by atoms with E-state index in [2.05, 4.69) is 15.1 Å². The van der Waals surface area contributed by atoms with E-state index in [4.69, 9.17) is 0 Å². The van der Waals surface area contributed by atoms with Crippen LogP contribution in [-0.4, -0.2) is 61.7 Å². The van der Waals surface area contributed by atoms with Crippen molar-refractivity contribution in [3.05, 3.63) is 0 Å². The van der Waals surface area contributed by atoms with Crippen LogP contribution in [0.2, 0.25) is 0 Å². The number of nitrogens with zero attached hydrogens (tertiary/aromatic N) is 2. The van der Waals surface area contributed by atoms with Gasteiger partial charge in [0.25, 0.3) is 0 Å². The van der Waals surface area contributed by atoms with Crippen molar-refractivity contribution in [1.82, 2.24) is 15.1 Å². The highest BCUT2D eigenvalue weighted by atomic mass is 15.2. The first-order valence-corrected chi connectivity index (χ1v) is 9.10. The minimum absolute atomic E-state index is 0.906. The lowest BCUT2D eigenvalue weighted by molar-refractivity contribution is 0.0594. The summed E-state index contributed by atoms with van der Waals surface area (Å²) in [6, 6.07) is 0.906. The molecule has 20 heavy (non-hydrogen) atoms.